The lowest BCUT2D eigenvalue weighted by Crippen LogP contribution is -2.20. The second kappa shape index (κ2) is 10.3. The number of halogens is 2. The summed E-state index contributed by atoms with van der Waals surface area (Å²) in [6, 6.07) is 18.9. The van der Waals surface area contributed by atoms with Crippen molar-refractivity contribution in [1.29, 1.82) is 0 Å². The van der Waals surface area contributed by atoms with Crippen molar-refractivity contribution >= 4 is 46.7 Å². The number of carbonyl (C=O) groups is 1. The van der Waals surface area contributed by atoms with Crippen LogP contribution in [0.5, 0.6) is 5.75 Å². The average Bonchev–Trinajstić information content (AvgIpc) is 2.72. The van der Waals surface area contributed by atoms with Crippen molar-refractivity contribution in [2.75, 3.05) is 11.9 Å². The van der Waals surface area contributed by atoms with Crippen LogP contribution in [0.4, 0.5) is 11.4 Å². The van der Waals surface area contributed by atoms with Gasteiger partial charge in [-0.25, -0.2) is 0 Å². The zero-order valence-corrected chi connectivity index (χ0v) is 18.3. The lowest BCUT2D eigenvalue weighted by Gasteiger charge is -2.11. The highest BCUT2D eigenvalue weighted by Gasteiger charge is 2.12. The van der Waals surface area contributed by atoms with Crippen LogP contribution in [0.15, 0.2) is 65.7 Å². The Balaban J connectivity index is 1.63. The number of aliphatic imine (C=N–C) groups is 1. The van der Waals surface area contributed by atoms with Crippen molar-refractivity contribution in [3.63, 3.8) is 0 Å². The first-order chi connectivity index (χ1) is 14.4. The molecule has 1 N–H and O–H groups in total. The minimum Gasteiger partial charge on any atom is -0.481 e. The number of anilines is 1. The zero-order valence-electron chi connectivity index (χ0n) is 16.8. The fourth-order valence-electron chi connectivity index (χ4n) is 2.82. The molecule has 0 unspecified atom stereocenters. The van der Waals surface area contributed by atoms with E-state index in [1.165, 1.54) is 5.56 Å². The van der Waals surface area contributed by atoms with Crippen LogP contribution in [-0.4, -0.2) is 18.7 Å². The maximum absolute atomic E-state index is 12.1. The second-order valence-corrected chi connectivity index (χ2v) is 7.61. The van der Waals surface area contributed by atoms with Crippen LogP contribution in [0.2, 0.25) is 10.0 Å². The van der Waals surface area contributed by atoms with E-state index in [0.717, 1.165) is 23.2 Å². The van der Waals surface area contributed by atoms with Gasteiger partial charge in [0.05, 0.1) is 15.7 Å². The molecule has 0 radical (unpaired) electrons. The van der Waals surface area contributed by atoms with Gasteiger partial charge in [0.25, 0.3) is 5.91 Å². The van der Waals surface area contributed by atoms with Gasteiger partial charge in [-0.15, -0.1) is 0 Å². The molecule has 0 heterocycles. The number of hydrogen-bond acceptors (Lipinski definition) is 3. The highest BCUT2D eigenvalue weighted by Crippen LogP contribution is 2.34. The van der Waals surface area contributed by atoms with Gasteiger partial charge in [-0.3, -0.25) is 9.79 Å². The number of amides is 1. The Kier molecular flexibility index (Phi) is 7.50. The quantitative estimate of drug-likeness (QED) is 0.418. The summed E-state index contributed by atoms with van der Waals surface area (Å²) in [4.78, 5) is 16.6. The maximum Gasteiger partial charge on any atom is 0.262 e. The number of hydrogen-bond donors (Lipinski definition) is 1. The Labute approximate surface area is 186 Å². The van der Waals surface area contributed by atoms with Crippen molar-refractivity contribution in [1.82, 2.24) is 0 Å². The molecule has 0 bridgehead atoms. The van der Waals surface area contributed by atoms with E-state index in [1.807, 2.05) is 55.5 Å². The first-order valence-corrected chi connectivity index (χ1v) is 10.3. The summed E-state index contributed by atoms with van der Waals surface area (Å²) >= 11 is 12.6. The third kappa shape index (κ3) is 6.09. The van der Waals surface area contributed by atoms with Gasteiger partial charge in [0.1, 0.15) is 0 Å². The Hall–Kier alpha value is -2.82. The van der Waals surface area contributed by atoms with E-state index < -0.39 is 0 Å². The molecule has 0 aliphatic carbocycles. The molecule has 3 rings (SSSR count). The summed E-state index contributed by atoms with van der Waals surface area (Å²) in [5.41, 5.74) is 4.60. The summed E-state index contributed by atoms with van der Waals surface area (Å²) < 4.78 is 5.55. The van der Waals surface area contributed by atoms with E-state index >= 15 is 0 Å². The standard InChI is InChI=1S/C24H22Cl2N2O2/c1-3-17-7-9-19(10-8-17)27-14-18-12-21(25)24(22(26)13-18)30-15-23(29)28-20-6-4-5-16(2)11-20/h4-14H,3,15H2,1-2H3,(H,28,29). The first kappa shape index (κ1) is 21.9. The van der Waals surface area contributed by atoms with Gasteiger partial charge < -0.3 is 10.1 Å². The summed E-state index contributed by atoms with van der Waals surface area (Å²) in [5.74, 6) is -0.0314. The molecule has 0 saturated carbocycles. The molecule has 0 aliphatic heterocycles. The maximum atomic E-state index is 12.1. The molecule has 30 heavy (non-hydrogen) atoms. The highest BCUT2D eigenvalue weighted by atomic mass is 35.5. The second-order valence-electron chi connectivity index (χ2n) is 6.80. The van der Waals surface area contributed by atoms with E-state index in [1.54, 1.807) is 18.3 Å². The molecular weight excluding hydrogens is 419 g/mol. The third-order valence-corrected chi connectivity index (χ3v) is 4.94. The predicted molar refractivity (Wildman–Crippen MR) is 125 cm³/mol. The number of carbonyl (C=O) groups excluding carboxylic acids is 1. The summed E-state index contributed by atoms with van der Waals surface area (Å²) in [6.45, 7) is 3.86. The number of aryl methyl sites for hydroxylation is 2. The van der Waals surface area contributed by atoms with E-state index in [-0.39, 0.29) is 18.3 Å². The van der Waals surface area contributed by atoms with Crippen LogP contribution in [-0.2, 0) is 11.2 Å². The normalized spacial score (nSPS) is 10.9. The largest absolute Gasteiger partial charge is 0.481 e. The number of rotatable bonds is 7. The Morgan fingerprint density at radius 1 is 1.07 bits per heavy atom. The summed E-state index contributed by atoms with van der Waals surface area (Å²) in [7, 11) is 0. The first-order valence-electron chi connectivity index (χ1n) is 9.56. The van der Waals surface area contributed by atoms with Crippen molar-refractivity contribution in [3.05, 3.63) is 87.4 Å². The van der Waals surface area contributed by atoms with Crippen LogP contribution < -0.4 is 10.1 Å². The highest BCUT2D eigenvalue weighted by molar-refractivity contribution is 6.37. The van der Waals surface area contributed by atoms with Crippen LogP contribution in [0.25, 0.3) is 0 Å². The third-order valence-electron chi connectivity index (χ3n) is 4.38. The van der Waals surface area contributed by atoms with Gasteiger partial charge in [0.2, 0.25) is 0 Å². The fourth-order valence-corrected chi connectivity index (χ4v) is 3.43. The topological polar surface area (TPSA) is 50.7 Å². The van der Waals surface area contributed by atoms with E-state index in [0.29, 0.717) is 15.7 Å². The Morgan fingerprint density at radius 2 is 1.77 bits per heavy atom. The number of ether oxygens (including phenoxy) is 1. The molecule has 0 atom stereocenters. The molecular formula is C24H22Cl2N2O2. The van der Waals surface area contributed by atoms with E-state index in [9.17, 15) is 4.79 Å². The Bertz CT molecular complexity index is 1040. The van der Waals surface area contributed by atoms with Crippen molar-refractivity contribution in [3.8, 4) is 5.75 Å². The van der Waals surface area contributed by atoms with Gasteiger partial charge in [-0.2, -0.15) is 0 Å². The molecule has 3 aromatic carbocycles. The summed E-state index contributed by atoms with van der Waals surface area (Å²) in [5, 5.41) is 3.41. The van der Waals surface area contributed by atoms with Gasteiger partial charge in [-0.05, 0) is 66.4 Å². The molecule has 1 amide bonds. The predicted octanol–water partition coefficient (Wildman–Crippen LogP) is 6.63. The lowest BCUT2D eigenvalue weighted by atomic mass is 10.1. The van der Waals surface area contributed by atoms with Crippen LogP contribution >= 0.6 is 23.2 Å². The minimum absolute atomic E-state index is 0.204. The molecule has 154 valence electrons. The molecule has 0 saturated heterocycles. The van der Waals surface area contributed by atoms with Gasteiger partial charge >= 0.3 is 0 Å². The molecule has 4 nitrogen and oxygen atoms in total. The van der Waals surface area contributed by atoms with Crippen LogP contribution in [0.1, 0.15) is 23.6 Å². The minimum atomic E-state index is -0.297. The fraction of sp³-hybridized carbons (Fsp3) is 0.167. The SMILES string of the molecule is CCc1ccc(N=Cc2cc(Cl)c(OCC(=O)Nc3cccc(C)c3)c(Cl)c2)cc1. The van der Waals surface area contributed by atoms with Crippen LogP contribution in [0.3, 0.4) is 0 Å². The number of benzene rings is 3. The molecule has 0 fully saturated rings. The smallest absolute Gasteiger partial charge is 0.262 e. The van der Waals surface area contributed by atoms with E-state index in [4.69, 9.17) is 27.9 Å². The molecule has 0 aliphatic rings. The molecule has 0 spiro atoms. The molecule has 0 aromatic heterocycles. The van der Waals surface area contributed by atoms with Gasteiger partial charge in [0.15, 0.2) is 12.4 Å². The van der Waals surface area contributed by atoms with E-state index in [2.05, 4.69) is 17.2 Å². The number of nitrogens with zero attached hydrogens (tertiary/aromatic N) is 1. The summed E-state index contributed by atoms with van der Waals surface area (Å²) in [6.07, 6.45) is 2.67. The zero-order chi connectivity index (χ0) is 21.5. The Morgan fingerprint density at radius 3 is 2.40 bits per heavy atom. The van der Waals surface area contributed by atoms with Crippen molar-refractivity contribution < 1.29 is 9.53 Å². The molecule has 3 aromatic rings. The average molecular weight is 441 g/mol. The monoisotopic (exact) mass is 440 g/mol. The van der Waals surface area contributed by atoms with Gasteiger partial charge in [0, 0.05) is 11.9 Å². The van der Waals surface area contributed by atoms with Crippen LogP contribution in [0, 0.1) is 6.92 Å². The van der Waals surface area contributed by atoms with Gasteiger partial charge in [-0.1, -0.05) is 54.4 Å². The van der Waals surface area contributed by atoms with Crippen molar-refractivity contribution in [2.24, 2.45) is 4.99 Å². The van der Waals surface area contributed by atoms with Crippen molar-refractivity contribution in [2.45, 2.75) is 20.3 Å². The number of nitrogens with one attached hydrogen (secondary N) is 1. The molecule has 6 heteroatoms. The lowest BCUT2D eigenvalue weighted by molar-refractivity contribution is -0.118.